The van der Waals surface area contributed by atoms with Gasteiger partial charge in [0.2, 0.25) is 11.8 Å². The van der Waals surface area contributed by atoms with E-state index in [2.05, 4.69) is 4.98 Å². The highest BCUT2D eigenvalue weighted by Crippen LogP contribution is 2.06. The van der Waals surface area contributed by atoms with E-state index in [9.17, 15) is 14.3 Å². The molecule has 0 spiro atoms. The molecule has 0 aliphatic heterocycles. The highest BCUT2D eigenvalue weighted by atomic mass is 19.1. The SMILES string of the molecule is Cn1c(O)cn(Cc2ccc(F)nc2)c1=O. The smallest absolute Gasteiger partial charge is 0.331 e. The van der Waals surface area contributed by atoms with Gasteiger partial charge in [-0.05, 0) is 11.6 Å². The Morgan fingerprint density at radius 3 is 2.75 bits per heavy atom. The summed E-state index contributed by atoms with van der Waals surface area (Å²) >= 11 is 0. The van der Waals surface area contributed by atoms with E-state index in [1.54, 1.807) is 6.07 Å². The van der Waals surface area contributed by atoms with Crippen molar-refractivity contribution in [1.82, 2.24) is 14.1 Å². The lowest BCUT2D eigenvalue weighted by molar-refractivity contribution is 0.429. The predicted molar refractivity (Wildman–Crippen MR) is 54.6 cm³/mol. The second-order valence-corrected chi connectivity index (χ2v) is 3.45. The summed E-state index contributed by atoms with van der Waals surface area (Å²) in [5.41, 5.74) is 0.357. The van der Waals surface area contributed by atoms with Gasteiger partial charge in [-0.2, -0.15) is 4.39 Å². The Balaban J connectivity index is 2.30. The van der Waals surface area contributed by atoms with Gasteiger partial charge in [-0.15, -0.1) is 0 Å². The van der Waals surface area contributed by atoms with Gasteiger partial charge in [-0.25, -0.2) is 9.78 Å². The maximum Gasteiger partial charge on any atom is 0.331 e. The molecule has 1 N–H and O–H groups in total. The van der Waals surface area contributed by atoms with Crippen LogP contribution in [-0.2, 0) is 13.6 Å². The molecule has 0 aliphatic carbocycles. The van der Waals surface area contributed by atoms with Crippen LogP contribution in [0.25, 0.3) is 0 Å². The van der Waals surface area contributed by atoms with E-state index in [-0.39, 0.29) is 18.1 Å². The Bertz CT molecular complexity index is 556. The second-order valence-electron chi connectivity index (χ2n) is 3.45. The number of aromatic hydroxyl groups is 1. The number of pyridine rings is 1. The molecule has 0 saturated heterocycles. The topological polar surface area (TPSA) is 60.1 Å². The molecule has 0 aliphatic rings. The van der Waals surface area contributed by atoms with Crippen LogP contribution in [0.15, 0.2) is 29.3 Å². The van der Waals surface area contributed by atoms with E-state index in [0.717, 1.165) is 4.57 Å². The molecule has 2 heterocycles. The van der Waals surface area contributed by atoms with Crippen molar-refractivity contribution in [2.75, 3.05) is 0 Å². The van der Waals surface area contributed by atoms with Gasteiger partial charge in [0.25, 0.3) is 0 Å². The maximum absolute atomic E-state index is 12.5. The van der Waals surface area contributed by atoms with E-state index in [0.29, 0.717) is 5.56 Å². The van der Waals surface area contributed by atoms with Crippen molar-refractivity contribution in [2.45, 2.75) is 6.54 Å². The molecular formula is C10H10FN3O2. The molecule has 0 aromatic carbocycles. The lowest BCUT2D eigenvalue weighted by atomic mass is 10.3. The van der Waals surface area contributed by atoms with E-state index >= 15 is 0 Å². The molecule has 2 aromatic heterocycles. The molecule has 2 rings (SSSR count). The molecule has 2 aromatic rings. The van der Waals surface area contributed by atoms with Crippen LogP contribution in [0.2, 0.25) is 0 Å². The molecule has 84 valence electrons. The minimum atomic E-state index is -0.563. The third-order valence-electron chi connectivity index (χ3n) is 2.29. The molecule has 6 heteroatoms. The minimum absolute atomic E-state index is 0.111. The Hall–Kier alpha value is -2.11. The van der Waals surface area contributed by atoms with Gasteiger partial charge in [0.1, 0.15) is 0 Å². The Morgan fingerprint density at radius 2 is 2.25 bits per heavy atom. The zero-order valence-electron chi connectivity index (χ0n) is 8.59. The molecule has 16 heavy (non-hydrogen) atoms. The summed E-state index contributed by atoms with van der Waals surface area (Å²) in [5, 5.41) is 9.31. The molecule has 0 fully saturated rings. The van der Waals surface area contributed by atoms with Crippen LogP contribution in [0.1, 0.15) is 5.56 Å². The summed E-state index contributed by atoms with van der Waals surface area (Å²) in [6.07, 6.45) is 2.68. The number of hydrogen-bond donors (Lipinski definition) is 1. The van der Waals surface area contributed by atoms with E-state index in [1.807, 2.05) is 0 Å². The Kier molecular flexibility index (Phi) is 2.47. The van der Waals surface area contributed by atoms with Crippen molar-refractivity contribution in [3.05, 3.63) is 46.5 Å². The van der Waals surface area contributed by atoms with Gasteiger partial charge in [0.15, 0.2) is 0 Å². The van der Waals surface area contributed by atoms with Crippen molar-refractivity contribution in [3.63, 3.8) is 0 Å². The van der Waals surface area contributed by atoms with E-state index in [4.69, 9.17) is 0 Å². The normalized spacial score (nSPS) is 10.6. The molecule has 0 atom stereocenters. The first-order valence-corrected chi connectivity index (χ1v) is 4.63. The second kappa shape index (κ2) is 3.80. The first kappa shape index (κ1) is 10.4. The van der Waals surface area contributed by atoms with Crippen molar-refractivity contribution in [2.24, 2.45) is 7.05 Å². The average Bonchev–Trinajstić information content (AvgIpc) is 2.50. The maximum atomic E-state index is 12.5. The third-order valence-corrected chi connectivity index (χ3v) is 2.29. The molecule has 0 radical (unpaired) electrons. The highest BCUT2D eigenvalue weighted by molar-refractivity contribution is 5.12. The molecule has 0 amide bonds. The third kappa shape index (κ3) is 1.81. The highest BCUT2D eigenvalue weighted by Gasteiger charge is 2.06. The molecule has 5 nitrogen and oxygen atoms in total. The zero-order chi connectivity index (χ0) is 11.7. The van der Waals surface area contributed by atoms with Gasteiger partial charge in [0.05, 0.1) is 12.7 Å². The van der Waals surface area contributed by atoms with Crippen LogP contribution < -0.4 is 5.69 Å². The van der Waals surface area contributed by atoms with Crippen LogP contribution in [0.3, 0.4) is 0 Å². The standard InChI is InChI=1S/C10H10FN3O2/c1-13-9(15)6-14(10(13)16)5-7-2-3-8(11)12-4-7/h2-4,6,15H,5H2,1H3. The van der Waals surface area contributed by atoms with Gasteiger partial charge in [-0.3, -0.25) is 9.13 Å². The Morgan fingerprint density at radius 1 is 1.50 bits per heavy atom. The summed E-state index contributed by atoms with van der Waals surface area (Å²) < 4.78 is 15.0. The number of nitrogens with zero attached hydrogens (tertiary/aromatic N) is 3. The summed E-state index contributed by atoms with van der Waals surface area (Å²) in [6, 6.07) is 2.77. The van der Waals surface area contributed by atoms with E-state index in [1.165, 1.54) is 30.1 Å². The van der Waals surface area contributed by atoms with Crippen molar-refractivity contribution in [1.29, 1.82) is 0 Å². The summed E-state index contributed by atoms with van der Waals surface area (Å²) in [4.78, 5) is 15.0. The van der Waals surface area contributed by atoms with Gasteiger partial charge < -0.3 is 5.11 Å². The lowest BCUT2D eigenvalue weighted by Crippen LogP contribution is -2.22. The van der Waals surface area contributed by atoms with Crippen molar-refractivity contribution >= 4 is 0 Å². The van der Waals surface area contributed by atoms with Crippen LogP contribution in [0.4, 0.5) is 4.39 Å². The van der Waals surface area contributed by atoms with Crippen LogP contribution in [0.5, 0.6) is 5.88 Å². The van der Waals surface area contributed by atoms with Gasteiger partial charge >= 0.3 is 5.69 Å². The molecule has 0 saturated carbocycles. The lowest BCUT2D eigenvalue weighted by Gasteiger charge is -2.00. The van der Waals surface area contributed by atoms with Gasteiger partial charge in [0, 0.05) is 13.2 Å². The summed E-state index contributed by atoms with van der Waals surface area (Å²) in [7, 11) is 1.47. The predicted octanol–water partition coefficient (Wildman–Crippen LogP) is 0.475. The monoisotopic (exact) mass is 223 g/mol. The van der Waals surface area contributed by atoms with Crippen molar-refractivity contribution in [3.8, 4) is 5.88 Å². The van der Waals surface area contributed by atoms with Crippen molar-refractivity contribution < 1.29 is 9.50 Å². The zero-order valence-corrected chi connectivity index (χ0v) is 8.59. The molecule has 0 bridgehead atoms. The fourth-order valence-electron chi connectivity index (χ4n) is 1.38. The quantitative estimate of drug-likeness (QED) is 0.753. The molecular weight excluding hydrogens is 213 g/mol. The number of aromatic nitrogens is 3. The first-order valence-electron chi connectivity index (χ1n) is 4.63. The Labute approximate surface area is 90.4 Å². The largest absolute Gasteiger partial charge is 0.493 e. The first-order chi connectivity index (χ1) is 7.58. The summed E-state index contributed by atoms with van der Waals surface area (Å²) in [6.45, 7) is 0.251. The fourth-order valence-corrected chi connectivity index (χ4v) is 1.38. The fraction of sp³-hybridized carbons (Fsp3) is 0.200. The number of rotatable bonds is 2. The minimum Gasteiger partial charge on any atom is -0.493 e. The molecule has 0 unspecified atom stereocenters. The van der Waals surface area contributed by atoms with Crippen LogP contribution in [0, 0.1) is 5.95 Å². The van der Waals surface area contributed by atoms with Crippen LogP contribution >= 0.6 is 0 Å². The number of imidazole rings is 1. The van der Waals surface area contributed by atoms with E-state index < -0.39 is 5.95 Å². The summed E-state index contributed by atoms with van der Waals surface area (Å²) in [5.74, 6) is -0.674. The number of hydrogen-bond acceptors (Lipinski definition) is 3. The average molecular weight is 223 g/mol. The van der Waals surface area contributed by atoms with Crippen LogP contribution in [-0.4, -0.2) is 19.2 Å². The number of halogens is 1. The van der Waals surface area contributed by atoms with Gasteiger partial charge in [-0.1, -0.05) is 6.07 Å².